The number of ether oxygens (including phenoxy) is 1. The summed E-state index contributed by atoms with van der Waals surface area (Å²) in [5.41, 5.74) is -1.33. The number of allylic oxidation sites excluding steroid dienone is 1. The second-order valence-corrected chi connectivity index (χ2v) is 4.87. The molecule has 0 saturated heterocycles. The third-order valence-electron chi connectivity index (χ3n) is 3.12. The minimum atomic E-state index is -2.30. The standard InChI is InChI=1S/C17H9F5O4/c18-13-10(14(19)16(21)17(22)15(13)20)4-5-11(23)8-2-1-3-9(6-8)26-7-12(24)25/h1-6H,7H2,(H,24,25)/p-1/b5-4+. The zero-order valence-electron chi connectivity index (χ0n) is 12.7. The zero-order valence-corrected chi connectivity index (χ0v) is 12.7. The molecule has 0 spiro atoms. The van der Waals surface area contributed by atoms with E-state index in [-0.39, 0.29) is 11.3 Å². The minimum Gasteiger partial charge on any atom is -0.546 e. The lowest BCUT2D eigenvalue weighted by Gasteiger charge is -2.07. The van der Waals surface area contributed by atoms with E-state index in [1.807, 2.05) is 0 Å². The number of carbonyl (C=O) groups is 2. The van der Waals surface area contributed by atoms with Crippen LogP contribution >= 0.6 is 0 Å². The number of aliphatic carboxylic acids is 1. The Labute approximate surface area is 143 Å². The van der Waals surface area contributed by atoms with Crippen molar-refractivity contribution in [3.63, 3.8) is 0 Å². The molecule has 0 radical (unpaired) electrons. The van der Waals surface area contributed by atoms with E-state index >= 15 is 0 Å². The number of carbonyl (C=O) groups excluding carboxylic acids is 2. The van der Waals surface area contributed by atoms with Crippen molar-refractivity contribution in [1.82, 2.24) is 0 Å². The van der Waals surface area contributed by atoms with Crippen LogP contribution in [0.3, 0.4) is 0 Å². The van der Waals surface area contributed by atoms with Crippen LogP contribution < -0.4 is 9.84 Å². The van der Waals surface area contributed by atoms with E-state index in [9.17, 15) is 36.6 Å². The van der Waals surface area contributed by atoms with Gasteiger partial charge in [0.2, 0.25) is 5.82 Å². The van der Waals surface area contributed by atoms with E-state index in [4.69, 9.17) is 4.74 Å². The first-order valence-corrected chi connectivity index (χ1v) is 6.89. The topological polar surface area (TPSA) is 66.4 Å². The molecule has 0 aliphatic rings. The molecule has 136 valence electrons. The predicted octanol–water partition coefficient (Wildman–Crippen LogP) is 2.41. The number of carboxylic acid groups (broad SMARTS) is 1. The first kappa shape index (κ1) is 19.1. The van der Waals surface area contributed by atoms with Gasteiger partial charge in [-0.2, -0.15) is 0 Å². The molecule has 26 heavy (non-hydrogen) atoms. The first-order valence-electron chi connectivity index (χ1n) is 6.89. The monoisotopic (exact) mass is 371 g/mol. The SMILES string of the molecule is O=C([O-])COc1cccc(C(=O)/C=C/c2c(F)c(F)c(F)c(F)c2F)c1. The molecule has 2 aromatic carbocycles. The summed E-state index contributed by atoms with van der Waals surface area (Å²) in [7, 11) is 0. The number of benzene rings is 2. The molecular formula is C17H8F5O4-. The second kappa shape index (κ2) is 7.77. The lowest BCUT2D eigenvalue weighted by atomic mass is 10.1. The Kier molecular flexibility index (Phi) is 5.71. The van der Waals surface area contributed by atoms with Gasteiger partial charge in [0.05, 0.1) is 11.5 Å². The van der Waals surface area contributed by atoms with Crippen LogP contribution in [0, 0.1) is 29.1 Å². The summed E-state index contributed by atoms with van der Waals surface area (Å²) >= 11 is 0. The lowest BCUT2D eigenvalue weighted by molar-refractivity contribution is -0.307. The van der Waals surface area contributed by atoms with Crippen LogP contribution in [0.15, 0.2) is 30.3 Å². The Morgan fingerprint density at radius 3 is 2.12 bits per heavy atom. The summed E-state index contributed by atoms with van der Waals surface area (Å²) in [6.45, 7) is -0.766. The van der Waals surface area contributed by atoms with Gasteiger partial charge in [-0.05, 0) is 24.3 Å². The molecule has 0 aromatic heterocycles. The van der Waals surface area contributed by atoms with Crippen molar-refractivity contribution in [2.75, 3.05) is 6.61 Å². The Morgan fingerprint density at radius 1 is 0.962 bits per heavy atom. The molecule has 9 heteroatoms. The quantitative estimate of drug-likeness (QED) is 0.257. The molecule has 0 bridgehead atoms. The Balaban J connectivity index is 2.28. The summed E-state index contributed by atoms with van der Waals surface area (Å²) in [5, 5.41) is 10.3. The van der Waals surface area contributed by atoms with Crippen LogP contribution in [0.2, 0.25) is 0 Å². The van der Waals surface area contributed by atoms with Crippen LogP contribution in [0.4, 0.5) is 22.0 Å². The second-order valence-electron chi connectivity index (χ2n) is 4.87. The van der Waals surface area contributed by atoms with E-state index in [0.29, 0.717) is 12.2 Å². The van der Waals surface area contributed by atoms with Crippen molar-refractivity contribution in [2.24, 2.45) is 0 Å². The van der Waals surface area contributed by atoms with E-state index in [0.717, 1.165) is 6.07 Å². The van der Waals surface area contributed by atoms with E-state index in [1.165, 1.54) is 18.2 Å². The van der Waals surface area contributed by atoms with Crippen LogP contribution in [-0.4, -0.2) is 18.4 Å². The minimum absolute atomic E-state index is 0.00434. The summed E-state index contributed by atoms with van der Waals surface area (Å²) in [4.78, 5) is 22.3. The molecular weight excluding hydrogens is 363 g/mol. The van der Waals surface area contributed by atoms with Gasteiger partial charge in [0.15, 0.2) is 29.1 Å². The molecule has 0 heterocycles. The smallest absolute Gasteiger partial charge is 0.200 e. The van der Waals surface area contributed by atoms with Gasteiger partial charge in [0, 0.05) is 5.56 Å². The van der Waals surface area contributed by atoms with Gasteiger partial charge in [-0.15, -0.1) is 0 Å². The normalized spacial score (nSPS) is 11.0. The fourth-order valence-electron chi connectivity index (χ4n) is 1.90. The molecule has 0 aliphatic heterocycles. The third kappa shape index (κ3) is 4.05. The molecule has 2 aromatic rings. The van der Waals surface area contributed by atoms with E-state index in [2.05, 4.69) is 0 Å². The van der Waals surface area contributed by atoms with Crippen molar-refractivity contribution in [2.45, 2.75) is 0 Å². The Bertz CT molecular complexity index is 879. The van der Waals surface area contributed by atoms with Crippen molar-refractivity contribution < 1.29 is 41.4 Å². The average molecular weight is 371 g/mol. The van der Waals surface area contributed by atoms with Crippen molar-refractivity contribution in [3.8, 4) is 5.75 Å². The molecule has 0 aliphatic carbocycles. The number of carboxylic acids is 1. The highest BCUT2D eigenvalue weighted by Crippen LogP contribution is 2.24. The molecule has 0 saturated carbocycles. The lowest BCUT2D eigenvalue weighted by Crippen LogP contribution is -2.28. The number of hydrogen-bond acceptors (Lipinski definition) is 4. The predicted molar refractivity (Wildman–Crippen MR) is 76.5 cm³/mol. The van der Waals surface area contributed by atoms with Gasteiger partial charge in [-0.3, -0.25) is 4.79 Å². The largest absolute Gasteiger partial charge is 0.546 e. The van der Waals surface area contributed by atoms with E-state index in [1.54, 1.807) is 0 Å². The zero-order chi connectivity index (χ0) is 19.4. The Hall–Kier alpha value is -3.23. The molecule has 0 amide bonds. The van der Waals surface area contributed by atoms with Gasteiger partial charge in [0.1, 0.15) is 12.4 Å². The molecule has 0 fully saturated rings. The summed E-state index contributed by atoms with van der Waals surface area (Å²) in [6, 6.07) is 5.09. The van der Waals surface area contributed by atoms with Gasteiger partial charge in [-0.25, -0.2) is 22.0 Å². The van der Waals surface area contributed by atoms with Gasteiger partial charge in [0.25, 0.3) is 0 Å². The first-order chi connectivity index (χ1) is 12.2. The molecule has 0 unspecified atom stereocenters. The highest BCUT2D eigenvalue weighted by Gasteiger charge is 2.24. The van der Waals surface area contributed by atoms with Crippen LogP contribution in [-0.2, 0) is 4.79 Å². The van der Waals surface area contributed by atoms with Crippen LogP contribution in [0.5, 0.6) is 5.75 Å². The van der Waals surface area contributed by atoms with E-state index < -0.39 is 53.0 Å². The maximum Gasteiger partial charge on any atom is 0.200 e. The maximum absolute atomic E-state index is 13.5. The molecule has 4 nitrogen and oxygen atoms in total. The van der Waals surface area contributed by atoms with Crippen LogP contribution in [0.1, 0.15) is 15.9 Å². The fraction of sp³-hybridized carbons (Fsp3) is 0.0588. The van der Waals surface area contributed by atoms with Gasteiger partial charge >= 0.3 is 0 Å². The van der Waals surface area contributed by atoms with Crippen LogP contribution in [0.25, 0.3) is 6.08 Å². The summed E-state index contributed by atoms with van der Waals surface area (Å²) in [6.07, 6.45) is 1.06. The van der Waals surface area contributed by atoms with Crippen molar-refractivity contribution in [3.05, 3.63) is 70.6 Å². The fourth-order valence-corrected chi connectivity index (χ4v) is 1.90. The summed E-state index contributed by atoms with van der Waals surface area (Å²) in [5.74, 6) is -13.0. The number of halogens is 5. The van der Waals surface area contributed by atoms with Crippen molar-refractivity contribution in [1.29, 1.82) is 0 Å². The number of hydrogen-bond donors (Lipinski definition) is 0. The molecule has 0 atom stereocenters. The van der Waals surface area contributed by atoms with Crippen molar-refractivity contribution >= 4 is 17.8 Å². The third-order valence-corrected chi connectivity index (χ3v) is 3.12. The maximum atomic E-state index is 13.5. The summed E-state index contributed by atoms with van der Waals surface area (Å²) < 4.78 is 71.0. The van der Waals surface area contributed by atoms with Gasteiger partial charge < -0.3 is 14.6 Å². The highest BCUT2D eigenvalue weighted by atomic mass is 19.2. The Morgan fingerprint density at radius 2 is 1.54 bits per heavy atom. The number of ketones is 1. The molecule has 2 rings (SSSR count). The average Bonchev–Trinajstić information content (AvgIpc) is 2.63. The highest BCUT2D eigenvalue weighted by molar-refractivity contribution is 6.07. The number of rotatable bonds is 6. The van der Waals surface area contributed by atoms with Gasteiger partial charge in [-0.1, -0.05) is 12.1 Å². The molecule has 0 N–H and O–H groups in total.